The fourth-order valence-corrected chi connectivity index (χ4v) is 3.28. The molecular weight excluding hydrogens is 336 g/mol. The summed E-state index contributed by atoms with van der Waals surface area (Å²) in [4.78, 5) is 12.2. The maximum absolute atomic E-state index is 12.2. The number of carbonyl (C=O) groups is 1. The van der Waals surface area contributed by atoms with E-state index in [1.54, 1.807) is 0 Å². The summed E-state index contributed by atoms with van der Waals surface area (Å²) >= 11 is 0. The van der Waals surface area contributed by atoms with Crippen molar-refractivity contribution in [3.63, 3.8) is 0 Å². The minimum absolute atomic E-state index is 0.0811. The van der Waals surface area contributed by atoms with Gasteiger partial charge in [-0.1, -0.05) is 72.8 Å². The number of ether oxygens (including phenoxy) is 1. The summed E-state index contributed by atoms with van der Waals surface area (Å²) in [6.07, 6.45) is 1.81. The van der Waals surface area contributed by atoms with Crippen LogP contribution < -0.4 is 10.2 Å². The largest absolute Gasteiger partial charge is 0.483 e. The molecule has 0 saturated carbocycles. The smallest absolute Gasteiger partial charge is 0.277 e. The number of hydrogen-bond acceptors (Lipinski definition) is 3. The fourth-order valence-electron chi connectivity index (χ4n) is 3.28. The van der Waals surface area contributed by atoms with Crippen LogP contribution in [0.2, 0.25) is 0 Å². The van der Waals surface area contributed by atoms with Crippen molar-refractivity contribution in [2.24, 2.45) is 5.10 Å². The Kier molecular flexibility index (Phi) is 4.97. The molecule has 4 rings (SSSR count). The Balaban J connectivity index is 1.40. The summed E-state index contributed by atoms with van der Waals surface area (Å²) in [5.74, 6) is 0.410. The number of nitrogens with zero attached hydrogens (tertiary/aromatic N) is 1. The molecule has 1 aliphatic carbocycles. The summed E-state index contributed by atoms with van der Waals surface area (Å²) in [6, 6.07) is 25.8. The molecule has 0 fully saturated rings. The van der Waals surface area contributed by atoms with E-state index in [9.17, 15) is 4.79 Å². The van der Waals surface area contributed by atoms with E-state index in [2.05, 4.69) is 16.6 Å². The van der Waals surface area contributed by atoms with Crippen LogP contribution in [0.1, 0.15) is 17.5 Å². The zero-order valence-electron chi connectivity index (χ0n) is 14.9. The van der Waals surface area contributed by atoms with Crippen LogP contribution >= 0.6 is 0 Å². The van der Waals surface area contributed by atoms with Gasteiger partial charge >= 0.3 is 0 Å². The Morgan fingerprint density at radius 1 is 0.852 bits per heavy atom. The van der Waals surface area contributed by atoms with Crippen LogP contribution in [0.15, 0.2) is 84.0 Å². The van der Waals surface area contributed by atoms with Crippen molar-refractivity contribution in [3.05, 3.63) is 90.0 Å². The van der Waals surface area contributed by atoms with Gasteiger partial charge in [-0.05, 0) is 30.0 Å². The molecule has 0 spiro atoms. The van der Waals surface area contributed by atoms with Crippen LogP contribution in [0.4, 0.5) is 0 Å². The van der Waals surface area contributed by atoms with Gasteiger partial charge < -0.3 is 4.74 Å². The van der Waals surface area contributed by atoms with Crippen LogP contribution in [-0.4, -0.2) is 18.2 Å². The van der Waals surface area contributed by atoms with E-state index in [4.69, 9.17) is 4.74 Å². The molecule has 0 aromatic heterocycles. The molecule has 0 saturated heterocycles. The molecule has 0 radical (unpaired) electrons. The lowest BCUT2D eigenvalue weighted by molar-refractivity contribution is -0.123. The minimum atomic E-state index is -0.269. The second kappa shape index (κ2) is 7.87. The van der Waals surface area contributed by atoms with Gasteiger partial charge in [-0.3, -0.25) is 4.79 Å². The lowest BCUT2D eigenvalue weighted by Crippen LogP contribution is -2.25. The lowest BCUT2D eigenvalue weighted by Gasteiger charge is -2.11. The van der Waals surface area contributed by atoms with E-state index in [0.717, 1.165) is 35.2 Å². The van der Waals surface area contributed by atoms with Crippen LogP contribution in [0.25, 0.3) is 11.1 Å². The Labute approximate surface area is 158 Å². The molecule has 134 valence electrons. The topological polar surface area (TPSA) is 50.7 Å². The van der Waals surface area contributed by atoms with Crippen LogP contribution in [0, 0.1) is 0 Å². The Hall–Kier alpha value is -3.40. The van der Waals surface area contributed by atoms with Gasteiger partial charge in [0.25, 0.3) is 5.91 Å². The maximum atomic E-state index is 12.2. The number of para-hydroxylation sites is 1. The third-order valence-electron chi connectivity index (χ3n) is 4.61. The van der Waals surface area contributed by atoms with Crippen molar-refractivity contribution >= 4 is 11.6 Å². The van der Waals surface area contributed by atoms with E-state index in [1.165, 1.54) is 5.56 Å². The van der Waals surface area contributed by atoms with E-state index in [1.807, 2.05) is 72.8 Å². The van der Waals surface area contributed by atoms with Gasteiger partial charge in [0, 0.05) is 11.1 Å². The van der Waals surface area contributed by atoms with E-state index >= 15 is 0 Å². The van der Waals surface area contributed by atoms with E-state index < -0.39 is 0 Å². The highest BCUT2D eigenvalue weighted by Gasteiger charge is 2.17. The predicted octanol–water partition coefficient (Wildman–Crippen LogP) is 4.20. The van der Waals surface area contributed by atoms with Crippen molar-refractivity contribution < 1.29 is 9.53 Å². The molecule has 4 heteroatoms. The molecule has 0 aliphatic heterocycles. The average molecular weight is 356 g/mol. The van der Waals surface area contributed by atoms with Crippen LogP contribution in [-0.2, 0) is 11.2 Å². The normalized spacial score (nSPS) is 14.0. The first kappa shape index (κ1) is 17.0. The molecular formula is C23H20N2O2. The maximum Gasteiger partial charge on any atom is 0.277 e. The summed E-state index contributed by atoms with van der Waals surface area (Å²) in [5, 5.41) is 4.29. The molecule has 3 aromatic carbocycles. The third-order valence-corrected chi connectivity index (χ3v) is 4.61. The molecule has 0 unspecified atom stereocenters. The highest BCUT2D eigenvalue weighted by atomic mass is 16.5. The van der Waals surface area contributed by atoms with Gasteiger partial charge in [-0.25, -0.2) is 5.43 Å². The first-order valence-corrected chi connectivity index (χ1v) is 9.02. The van der Waals surface area contributed by atoms with Gasteiger partial charge in [0.1, 0.15) is 5.75 Å². The average Bonchev–Trinajstić information content (AvgIpc) is 3.15. The molecule has 27 heavy (non-hydrogen) atoms. The first-order valence-electron chi connectivity index (χ1n) is 9.02. The summed E-state index contributed by atoms with van der Waals surface area (Å²) in [5.41, 5.74) is 7.95. The van der Waals surface area contributed by atoms with Crippen molar-refractivity contribution in [1.29, 1.82) is 0 Å². The molecule has 0 bridgehead atoms. The van der Waals surface area contributed by atoms with Gasteiger partial charge in [-0.15, -0.1) is 0 Å². The Morgan fingerprint density at radius 2 is 1.56 bits per heavy atom. The number of aryl methyl sites for hydroxylation is 1. The number of hydrazone groups is 1. The molecule has 1 N–H and O–H groups in total. The van der Waals surface area contributed by atoms with E-state index in [-0.39, 0.29) is 12.5 Å². The molecule has 3 aromatic rings. The first-order chi connectivity index (χ1) is 13.3. The monoisotopic (exact) mass is 356 g/mol. The van der Waals surface area contributed by atoms with Crippen LogP contribution in [0.3, 0.4) is 0 Å². The zero-order valence-corrected chi connectivity index (χ0v) is 14.9. The minimum Gasteiger partial charge on any atom is -0.483 e. The number of amides is 1. The summed E-state index contributed by atoms with van der Waals surface area (Å²) < 4.78 is 5.76. The summed E-state index contributed by atoms with van der Waals surface area (Å²) in [7, 11) is 0. The zero-order chi connectivity index (χ0) is 18.5. The summed E-state index contributed by atoms with van der Waals surface area (Å²) in [6.45, 7) is -0.0811. The van der Waals surface area contributed by atoms with Gasteiger partial charge in [0.2, 0.25) is 0 Å². The lowest BCUT2D eigenvalue weighted by atomic mass is 10.1. The quantitative estimate of drug-likeness (QED) is 0.697. The number of hydrogen-bond donors (Lipinski definition) is 1. The SMILES string of the molecule is O=C(COc1ccccc1-c1ccccc1)N/N=C1/CCc2ccccc21. The molecule has 0 heterocycles. The standard InChI is InChI=1S/C23H20N2O2/c26-23(25-24-21-15-14-18-10-4-5-11-19(18)21)16-27-22-13-7-6-12-20(22)17-8-2-1-3-9-17/h1-13H,14-16H2,(H,25,26)/b24-21-. The second-order valence-electron chi connectivity index (χ2n) is 6.40. The van der Waals surface area contributed by atoms with Gasteiger partial charge in [0.05, 0.1) is 5.71 Å². The molecule has 1 aliphatic rings. The third kappa shape index (κ3) is 3.90. The number of fused-ring (bicyclic) bond motifs is 1. The Bertz CT molecular complexity index is 980. The number of carbonyl (C=O) groups excluding carboxylic acids is 1. The van der Waals surface area contributed by atoms with Gasteiger partial charge in [0.15, 0.2) is 6.61 Å². The Morgan fingerprint density at radius 3 is 2.41 bits per heavy atom. The molecule has 1 amide bonds. The van der Waals surface area contributed by atoms with Gasteiger partial charge in [-0.2, -0.15) is 5.10 Å². The highest BCUT2D eigenvalue weighted by Crippen LogP contribution is 2.29. The van der Waals surface area contributed by atoms with Crippen molar-refractivity contribution in [3.8, 4) is 16.9 Å². The van der Waals surface area contributed by atoms with Crippen LogP contribution in [0.5, 0.6) is 5.75 Å². The van der Waals surface area contributed by atoms with Crippen molar-refractivity contribution in [1.82, 2.24) is 5.43 Å². The highest BCUT2D eigenvalue weighted by molar-refractivity contribution is 6.04. The second-order valence-corrected chi connectivity index (χ2v) is 6.40. The fraction of sp³-hybridized carbons (Fsp3) is 0.130. The number of nitrogens with one attached hydrogen (secondary N) is 1. The van der Waals surface area contributed by atoms with E-state index in [0.29, 0.717) is 5.75 Å². The predicted molar refractivity (Wildman–Crippen MR) is 107 cm³/mol. The van der Waals surface area contributed by atoms with Crippen molar-refractivity contribution in [2.75, 3.05) is 6.61 Å². The number of rotatable bonds is 5. The molecule has 0 atom stereocenters. The van der Waals surface area contributed by atoms with Crippen molar-refractivity contribution in [2.45, 2.75) is 12.8 Å². The number of benzene rings is 3. The molecule has 4 nitrogen and oxygen atoms in total.